The molecule has 2 N–H and O–H groups in total. The van der Waals surface area contributed by atoms with Crippen molar-refractivity contribution in [3.05, 3.63) is 35.1 Å². The minimum Gasteiger partial charge on any atom is -0.448 e. The minimum absolute atomic E-state index is 0.0944. The summed E-state index contributed by atoms with van der Waals surface area (Å²) >= 11 is 0. The summed E-state index contributed by atoms with van der Waals surface area (Å²) in [7, 11) is 0. The molecule has 0 radical (unpaired) electrons. The summed E-state index contributed by atoms with van der Waals surface area (Å²) in [6.07, 6.45) is -4.53. The number of carbonyl (C=O) groups excluding carboxylic acids is 1. The van der Waals surface area contributed by atoms with Crippen molar-refractivity contribution in [1.29, 1.82) is 0 Å². The highest BCUT2D eigenvalue weighted by molar-refractivity contribution is 5.67. The highest BCUT2D eigenvalue weighted by Crippen LogP contribution is 2.17. The number of morpholine rings is 1. The van der Waals surface area contributed by atoms with Gasteiger partial charge in [0.2, 0.25) is 0 Å². The van der Waals surface area contributed by atoms with Gasteiger partial charge in [-0.1, -0.05) is 12.1 Å². The first kappa shape index (κ1) is 20.4. The number of alkyl halides is 3. The summed E-state index contributed by atoms with van der Waals surface area (Å²) in [6.45, 7) is 1.08. The molecular weight excluding hydrogens is 356 g/mol. The first-order valence-electron chi connectivity index (χ1n) is 8.31. The predicted molar refractivity (Wildman–Crippen MR) is 86.4 cm³/mol. The Hall–Kier alpha value is -1.87. The molecule has 1 fully saturated rings. The standard InChI is InChI=1S/C17H22F4N2O3/c1-11-3-2-4-15(18)14(11)6-5-13-7-22-12(8-25-13)9-26-16(24)23-10-17(19,20)21/h2-4,12-13,22H,5-10H2,1H3,(H,23,24)/t12-,13+/m0/s1. The maximum atomic E-state index is 13.8. The van der Waals surface area contributed by atoms with E-state index in [0.29, 0.717) is 24.9 Å². The van der Waals surface area contributed by atoms with Crippen molar-refractivity contribution in [2.75, 3.05) is 26.3 Å². The van der Waals surface area contributed by atoms with E-state index in [0.717, 1.165) is 5.56 Å². The lowest BCUT2D eigenvalue weighted by Crippen LogP contribution is -2.49. The number of carbonyl (C=O) groups is 1. The van der Waals surface area contributed by atoms with Crippen molar-refractivity contribution in [1.82, 2.24) is 10.6 Å². The van der Waals surface area contributed by atoms with Crippen LogP contribution in [0.4, 0.5) is 22.4 Å². The van der Waals surface area contributed by atoms with Crippen LogP contribution in [0.3, 0.4) is 0 Å². The topological polar surface area (TPSA) is 59.6 Å². The molecule has 0 aromatic heterocycles. The molecule has 1 heterocycles. The van der Waals surface area contributed by atoms with Crippen LogP contribution in [0.5, 0.6) is 0 Å². The van der Waals surface area contributed by atoms with Crippen molar-refractivity contribution >= 4 is 6.09 Å². The molecule has 1 aromatic rings. The predicted octanol–water partition coefficient (Wildman–Crippen LogP) is 2.71. The second-order valence-electron chi connectivity index (χ2n) is 6.20. The minimum atomic E-state index is -4.48. The first-order chi connectivity index (χ1) is 12.2. The molecule has 1 aromatic carbocycles. The maximum Gasteiger partial charge on any atom is 0.407 e. The average Bonchev–Trinajstić information content (AvgIpc) is 2.58. The maximum absolute atomic E-state index is 13.8. The van der Waals surface area contributed by atoms with Gasteiger partial charge in [0.05, 0.1) is 18.8 Å². The van der Waals surface area contributed by atoms with Gasteiger partial charge in [0, 0.05) is 6.54 Å². The van der Waals surface area contributed by atoms with E-state index in [9.17, 15) is 22.4 Å². The van der Waals surface area contributed by atoms with Crippen molar-refractivity contribution in [2.45, 2.75) is 38.1 Å². The van der Waals surface area contributed by atoms with Crippen LogP contribution in [0.1, 0.15) is 17.5 Å². The molecular formula is C17H22F4N2O3. The molecule has 2 rings (SSSR count). The third-order valence-corrected chi connectivity index (χ3v) is 4.09. The molecule has 5 nitrogen and oxygen atoms in total. The number of ether oxygens (including phenoxy) is 2. The van der Waals surface area contributed by atoms with Gasteiger partial charge < -0.3 is 20.1 Å². The number of rotatable bonds is 6. The Kier molecular flexibility index (Phi) is 7.22. The number of hydrogen-bond acceptors (Lipinski definition) is 4. The van der Waals surface area contributed by atoms with Crippen LogP contribution < -0.4 is 10.6 Å². The zero-order chi connectivity index (χ0) is 19.2. The number of aryl methyl sites for hydroxylation is 1. The van der Waals surface area contributed by atoms with Crippen LogP contribution in [0, 0.1) is 12.7 Å². The van der Waals surface area contributed by atoms with E-state index < -0.39 is 18.8 Å². The van der Waals surface area contributed by atoms with Gasteiger partial charge in [-0.15, -0.1) is 0 Å². The van der Waals surface area contributed by atoms with E-state index in [2.05, 4.69) is 5.32 Å². The third-order valence-electron chi connectivity index (χ3n) is 4.09. The number of nitrogens with one attached hydrogen (secondary N) is 2. The highest BCUT2D eigenvalue weighted by Gasteiger charge is 2.28. The van der Waals surface area contributed by atoms with E-state index in [1.807, 2.05) is 13.0 Å². The molecule has 2 atom stereocenters. The van der Waals surface area contributed by atoms with Gasteiger partial charge in [-0.2, -0.15) is 13.2 Å². The lowest BCUT2D eigenvalue weighted by atomic mass is 10.0. The van der Waals surface area contributed by atoms with Gasteiger partial charge in [0.1, 0.15) is 19.0 Å². The molecule has 1 saturated heterocycles. The fraction of sp³-hybridized carbons (Fsp3) is 0.588. The Bertz CT molecular complexity index is 582. The van der Waals surface area contributed by atoms with E-state index in [4.69, 9.17) is 9.47 Å². The molecule has 0 aliphatic carbocycles. The fourth-order valence-corrected chi connectivity index (χ4v) is 2.65. The van der Waals surface area contributed by atoms with Gasteiger partial charge in [-0.05, 0) is 37.0 Å². The van der Waals surface area contributed by atoms with Crippen LogP contribution >= 0.6 is 0 Å². The van der Waals surface area contributed by atoms with Gasteiger partial charge in [-0.25, -0.2) is 9.18 Å². The average molecular weight is 378 g/mol. The third kappa shape index (κ3) is 6.80. The molecule has 0 spiro atoms. The normalized spacial score (nSPS) is 20.7. The van der Waals surface area contributed by atoms with Crippen LogP contribution in [0.2, 0.25) is 0 Å². The molecule has 0 saturated carbocycles. The Morgan fingerprint density at radius 3 is 2.81 bits per heavy atom. The summed E-state index contributed by atoms with van der Waals surface area (Å²) in [5.74, 6) is -0.232. The summed E-state index contributed by atoms with van der Waals surface area (Å²) in [4.78, 5) is 11.2. The smallest absolute Gasteiger partial charge is 0.407 e. The second-order valence-corrected chi connectivity index (χ2v) is 6.20. The Morgan fingerprint density at radius 1 is 1.42 bits per heavy atom. The molecule has 146 valence electrons. The molecule has 0 bridgehead atoms. The largest absolute Gasteiger partial charge is 0.448 e. The second kappa shape index (κ2) is 9.18. The van der Waals surface area contributed by atoms with E-state index in [-0.39, 0.29) is 31.2 Å². The van der Waals surface area contributed by atoms with E-state index in [1.54, 1.807) is 11.4 Å². The number of halogens is 4. The van der Waals surface area contributed by atoms with Crippen molar-refractivity contribution < 1.29 is 31.8 Å². The molecule has 1 amide bonds. The number of alkyl carbamates (subject to hydrolysis) is 1. The van der Waals surface area contributed by atoms with Crippen molar-refractivity contribution in [3.63, 3.8) is 0 Å². The van der Waals surface area contributed by atoms with Crippen LogP contribution in [0.15, 0.2) is 18.2 Å². The van der Waals surface area contributed by atoms with Gasteiger partial charge >= 0.3 is 12.3 Å². The molecule has 9 heteroatoms. The molecule has 26 heavy (non-hydrogen) atoms. The van der Waals surface area contributed by atoms with Crippen molar-refractivity contribution in [2.24, 2.45) is 0 Å². The Balaban J connectivity index is 1.65. The lowest BCUT2D eigenvalue weighted by Gasteiger charge is -2.30. The first-order valence-corrected chi connectivity index (χ1v) is 8.31. The number of benzene rings is 1. The van der Waals surface area contributed by atoms with Gasteiger partial charge in [0.15, 0.2) is 0 Å². The number of hydrogen-bond donors (Lipinski definition) is 2. The molecule has 1 aliphatic heterocycles. The number of amides is 1. The van der Waals surface area contributed by atoms with E-state index in [1.165, 1.54) is 6.07 Å². The summed E-state index contributed by atoms with van der Waals surface area (Å²) < 4.78 is 60.1. The van der Waals surface area contributed by atoms with Gasteiger partial charge in [0.25, 0.3) is 0 Å². The fourth-order valence-electron chi connectivity index (χ4n) is 2.65. The molecule has 0 unspecified atom stereocenters. The lowest BCUT2D eigenvalue weighted by molar-refractivity contribution is -0.123. The quantitative estimate of drug-likeness (QED) is 0.748. The zero-order valence-corrected chi connectivity index (χ0v) is 14.4. The zero-order valence-electron chi connectivity index (χ0n) is 14.4. The van der Waals surface area contributed by atoms with Crippen LogP contribution in [-0.2, 0) is 15.9 Å². The summed E-state index contributed by atoms with van der Waals surface area (Å²) in [6, 6.07) is 4.66. The summed E-state index contributed by atoms with van der Waals surface area (Å²) in [5.41, 5.74) is 1.56. The van der Waals surface area contributed by atoms with E-state index >= 15 is 0 Å². The van der Waals surface area contributed by atoms with Crippen molar-refractivity contribution in [3.8, 4) is 0 Å². The van der Waals surface area contributed by atoms with Crippen LogP contribution in [-0.4, -0.2) is 50.7 Å². The summed E-state index contributed by atoms with van der Waals surface area (Å²) in [5, 5.41) is 4.75. The van der Waals surface area contributed by atoms with Gasteiger partial charge in [-0.3, -0.25) is 0 Å². The monoisotopic (exact) mass is 378 g/mol. The molecule has 1 aliphatic rings. The Morgan fingerprint density at radius 2 is 2.19 bits per heavy atom. The Labute approximate surface area is 149 Å². The van der Waals surface area contributed by atoms with Crippen LogP contribution in [0.25, 0.3) is 0 Å². The SMILES string of the molecule is Cc1cccc(F)c1CC[C@@H]1CN[C@H](COC(=O)NCC(F)(F)F)CO1. The highest BCUT2D eigenvalue weighted by atomic mass is 19.4.